The summed E-state index contributed by atoms with van der Waals surface area (Å²) in [6, 6.07) is 0. The molecule has 18 heavy (non-hydrogen) atoms. The molecular formula is C18H24. The van der Waals surface area contributed by atoms with Crippen molar-refractivity contribution in [3.63, 3.8) is 0 Å². The highest BCUT2D eigenvalue weighted by Gasteiger charge is 2.49. The largest absolute Gasteiger partial charge is 0.0848 e. The van der Waals surface area contributed by atoms with E-state index in [1.54, 1.807) is 25.7 Å². The second-order valence-corrected chi connectivity index (χ2v) is 7.71. The van der Waals surface area contributed by atoms with Crippen LogP contribution in [0.2, 0.25) is 0 Å². The predicted octanol–water partition coefficient (Wildman–Crippen LogP) is 4.44. The lowest BCUT2D eigenvalue weighted by Gasteiger charge is -2.37. The molecule has 0 amide bonds. The number of rotatable bonds is 0. The molecule has 0 saturated heterocycles. The molecule has 5 rings (SSSR count). The van der Waals surface area contributed by atoms with Crippen LogP contribution < -0.4 is 0 Å². The quantitative estimate of drug-likeness (QED) is 0.549. The number of hydrogen-bond donors (Lipinski definition) is 0. The van der Waals surface area contributed by atoms with Gasteiger partial charge in [0.05, 0.1) is 0 Å². The normalized spacial score (nSPS) is 59.6. The Morgan fingerprint density at radius 2 is 0.722 bits per heavy atom. The van der Waals surface area contributed by atoms with Crippen LogP contribution in [0.3, 0.4) is 0 Å². The molecule has 0 heterocycles. The van der Waals surface area contributed by atoms with Gasteiger partial charge in [0, 0.05) is 0 Å². The van der Waals surface area contributed by atoms with Crippen LogP contribution in [0.15, 0.2) is 24.3 Å². The van der Waals surface area contributed by atoms with Gasteiger partial charge in [0.2, 0.25) is 0 Å². The maximum absolute atomic E-state index is 2.56. The molecule has 3 saturated carbocycles. The van der Waals surface area contributed by atoms with Crippen molar-refractivity contribution in [3.05, 3.63) is 24.3 Å². The first-order valence-corrected chi connectivity index (χ1v) is 8.27. The van der Waals surface area contributed by atoms with Gasteiger partial charge in [0.15, 0.2) is 0 Å². The summed E-state index contributed by atoms with van der Waals surface area (Å²) in [5.74, 6) is 8.20. The fraction of sp³-hybridized carbons (Fsp3) is 0.778. The molecule has 0 aliphatic heterocycles. The molecule has 0 aromatic heterocycles. The number of fused-ring (bicyclic) bond motifs is 10. The van der Waals surface area contributed by atoms with E-state index in [-0.39, 0.29) is 0 Å². The standard InChI is InChI=1S/C18H24/c1-2-12-9-11(1)15-5-6-17-13-3-4-14(10-13)18(17)8-7-16(12)15/h1-4,11-18H,5-10H2. The highest BCUT2D eigenvalue weighted by molar-refractivity contribution is 5.17. The SMILES string of the molecule is C1=CC2CC1C1CCC3C4C=CC(C4)C3CCC21. The van der Waals surface area contributed by atoms with Crippen molar-refractivity contribution in [3.8, 4) is 0 Å². The summed E-state index contributed by atoms with van der Waals surface area (Å²) in [4.78, 5) is 0. The van der Waals surface area contributed by atoms with E-state index in [9.17, 15) is 0 Å². The molecule has 96 valence electrons. The average molecular weight is 240 g/mol. The third kappa shape index (κ3) is 1.22. The zero-order valence-corrected chi connectivity index (χ0v) is 11.2. The Hall–Kier alpha value is -0.520. The van der Waals surface area contributed by atoms with E-state index in [0.717, 1.165) is 47.3 Å². The molecule has 5 aliphatic carbocycles. The van der Waals surface area contributed by atoms with Gasteiger partial charge in [-0.2, -0.15) is 0 Å². The fourth-order valence-electron chi connectivity index (χ4n) is 6.54. The zero-order chi connectivity index (χ0) is 11.7. The number of allylic oxidation sites excluding steroid dienone is 4. The van der Waals surface area contributed by atoms with Gasteiger partial charge in [0.1, 0.15) is 0 Å². The predicted molar refractivity (Wildman–Crippen MR) is 73.9 cm³/mol. The monoisotopic (exact) mass is 240 g/mol. The second-order valence-electron chi connectivity index (χ2n) is 7.71. The Morgan fingerprint density at radius 1 is 0.444 bits per heavy atom. The van der Waals surface area contributed by atoms with E-state index in [0.29, 0.717) is 0 Å². The summed E-state index contributed by atoms with van der Waals surface area (Å²) in [5.41, 5.74) is 0. The van der Waals surface area contributed by atoms with Crippen molar-refractivity contribution in [1.82, 2.24) is 0 Å². The molecule has 8 atom stereocenters. The lowest BCUT2D eigenvalue weighted by atomic mass is 9.68. The van der Waals surface area contributed by atoms with Crippen LogP contribution in [0.4, 0.5) is 0 Å². The molecule has 0 aromatic carbocycles. The topological polar surface area (TPSA) is 0 Å². The van der Waals surface area contributed by atoms with Gasteiger partial charge in [-0.3, -0.25) is 0 Å². The van der Waals surface area contributed by atoms with Gasteiger partial charge in [-0.25, -0.2) is 0 Å². The van der Waals surface area contributed by atoms with Gasteiger partial charge in [-0.1, -0.05) is 24.3 Å². The van der Waals surface area contributed by atoms with Crippen LogP contribution in [0.1, 0.15) is 38.5 Å². The second kappa shape index (κ2) is 3.52. The Kier molecular flexibility index (Phi) is 2.01. The van der Waals surface area contributed by atoms with Crippen molar-refractivity contribution in [1.29, 1.82) is 0 Å². The molecule has 4 bridgehead atoms. The third-order valence-electron chi connectivity index (χ3n) is 7.27. The zero-order valence-electron chi connectivity index (χ0n) is 11.2. The Bertz CT molecular complexity index is 342. The van der Waals surface area contributed by atoms with Gasteiger partial charge in [-0.05, 0) is 85.9 Å². The molecule has 3 fully saturated rings. The van der Waals surface area contributed by atoms with E-state index < -0.39 is 0 Å². The summed E-state index contributed by atoms with van der Waals surface area (Å²) in [6.45, 7) is 0. The third-order valence-corrected chi connectivity index (χ3v) is 7.27. The Labute approximate surface area is 111 Å². The first kappa shape index (κ1) is 10.3. The first-order valence-electron chi connectivity index (χ1n) is 8.27. The summed E-state index contributed by atoms with van der Waals surface area (Å²) < 4.78 is 0. The highest BCUT2D eigenvalue weighted by atomic mass is 14.5. The van der Waals surface area contributed by atoms with Crippen LogP contribution in [-0.2, 0) is 0 Å². The molecule has 0 aromatic rings. The molecule has 0 N–H and O–H groups in total. The minimum atomic E-state index is 0.977. The molecule has 0 heteroatoms. The van der Waals surface area contributed by atoms with Crippen LogP contribution in [0.25, 0.3) is 0 Å². The molecule has 5 aliphatic rings. The average Bonchev–Trinajstić information content (AvgIpc) is 3.06. The minimum absolute atomic E-state index is 0.977. The molecular weight excluding hydrogens is 216 g/mol. The van der Waals surface area contributed by atoms with E-state index >= 15 is 0 Å². The molecule has 0 radical (unpaired) electrons. The van der Waals surface area contributed by atoms with Crippen molar-refractivity contribution >= 4 is 0 Å². The maximum Gasteiger partial charge on any atom is -0.0196 e. The van der Waals surface area contributed by atoms with E-state index in [2.05, 4.69) is 24.3 Å². The van der Waals surface area contributed by atoms with Crippen molar-refractivity contribution < 1.29 is 0 Å². The Balaban J connectivity index is 1.43. The number of hydrogen-bond acceptors (Lipinski definition) is 0. The lowest BCUT2D eigenvalue weighted by molar-refractivity contribution is 0.162. The van der Waals surface area contributed by atoms with Crippen LogP contribution in [0, 0.1) is 47.3 Å². The fourth-order valence-corrected chi connectivity index (χ4v) is 6.54. The van der Waals surface area contributed by atoms with Crippen LogP contribution >= 0.6 is 0 Å². The summed E-state index contributed by atoms with van der Waals surface area (Å²) in [7, 11) is 0. The summed E-state index contributed by atoms with van der Waals surface area (Å²) >= 11 is 0. The van der Waals surface area contributed by atoms with Crippen molar-refractivity contribution in [2.75, 3.05) is 0 Å². The van der Waals surface area contributed by atoms with Crippen LogP contribution in [-0.4, -0.2) is 0 Å². The van der Waals surface area contributed by atoms with Crippen molar-refractivity contribution in [2.45, 2.75) is 38.5 Å². The van der Waals surface area contributed by atoms with E-state index in [1.165, 1.54) is 12.8 Å². The van der Waals surface area contributed by atoms with Gasteiger partial charge in [0.25, 0.3) is 0 Å². The first-order chi connectivity index (χ1) is 8.90. The Morgan fingerprint density at radius 3 is 1.00 bits per heavy atom. The molecule has 8 unspecified atom stereocenters. The van der Waals surface area contributed by atoms with Gasteiger partial charge < -0.3 is 0 Å². The molecule has 0 nitrogen and oxygen atoms in total. The van der Waals surface area contributed by atoms with Crippen LogP contribution in [0.5, 0.6) is 0 Å². The van der Waals surface area contributed by atoms with Crippen molar-refractivity contribution in [2.24, 2.45) is 47.3 Å². The smallest absolute Gasteiger partial charge is 0.0196 e. The maximum atomic E-state index is 2.56. The summed E-state index contributed by atoms with van der Waals surface area (Å²) in [5, 5.41) is 0. The highest BCUT2D eigenvalue weighted by Crippen LogP contribution is 2.58. The minimum Gasteiger partial charge on any atom is -0.0848 e. The summed E-state index contributed by atoms with van der Waals surface area (Å²) in [6.07, 6.45) is 19.5. The lowest BCUT2D eigenvalue weighted by Crippen LogP contribution is -2.28. The van der Waals surface area contributed by atoms with Gasteiger partial charge in [-0.15, -0.1) is 0 Å². The van der Waals surface area contributed by atoms with Gasteiger partial charge >= 0.3 is 0 Å². The van der Waals surface area contributed by atoms with E-state index in [1.807, 2.05) is 0 Å². The van der Waals surface area contributed by atoms with E-state index in [4.69, 9.17) is 0 Å². The molecule has 0 spiro atoms.